The van der Waals surface area contributed by atoms with Crippen LogP contribution in [0.5, 0.6) is 5.75 Å². The summed E-state index contributed by atoms with van der Waals surface area (Å²) < 4.78 is 7.16. The van der Waals surface area contributed by atoms with Crippen molar-refractivity contribution in [2.75, 3.05) is 13.2 Å². The quantitative estimate of drug-likeness (QED) is 0.776. The molecule has 0 atom stereocenters. The van der Waals surface area contributed by atoms with Gasteiger partial charge >= 0.3 is 0 Å². The lowest BCUT2D eigenvalue weighted by Gasteiger charge is -2.01. The number of para-hydroxylation sites is 1. The number of hydrogen-bond donors (Lipinski definition) is 1. The van der Waals surface area contributed by atoms with E-state index in [4.69, 9.17) is 9.84 Å². The molecule has 0 amide bonds. The lowest BCUT2D eigenvalue weighted by molar-refractivity contribution is 0.233. The van der Waals surface area contributed by atoms with Gasteiger partial charge in [-0.15, -0.1) is 0 Å². The summed E-state index contributed by atoms with van der Waals surface area (Å²) in [4.78, 5) is 0. The monoisotopic (exact) mass is 218 g/mol. The van der Waals surface area contributed by atoms with E-state index < -0.39 is 0 Å². The fraction of sp³-hybridized carbons (Fsp3) is 0.250. The summed E-state index contributed by atoms with van der Waals surface area (Å²) in [6.07, 6.45) is 4.13. The van der Waals surface area contributed by atoms with Crippen LogP contribution in [0.15, 0.2) is 42.7 Å². The maximum Gasteiger partial charge on any atom is 0.157 e. The van der Waals surface area contributed by atoms with Gasteiger partial charge in [0.1, 0.15) is 0 Å². The number of rotatable bonds is 5. The lowest BCUT2D eigenvalue weighted by atomic mass is 10.3. The van der Waals surface area contributed by atoms with Crippen LogP contribution in [-0.2, 0) is 0 Å². The van der Waals surface area contributed by atoms with E-state index in [0.717, 1.165) is 11.4 Å². The Morgan fingerprint density at radius 2 is 2.06 bits per heavy atom. The van der Waals surface area contributed by atoms with E-state index in [9.17, 15) is 0 Å². The fourth-order valence-electron chi connectivity index (χ4n) is 1.36. The van der Waals surface area contributed by atoms with E-state index >= 15 is 0 Å². The van der Waals surface area contributed by atoms with Crippen LogP contribution in [0.2, 0.25) is 0 Å². The molecule has 1 aromatic carbocycles. The zero-order chi connectivity index (χ0) is 11.2. The summed E-state index contributed by atoms with van der Waals surface area (Å²) in [6, 6.07) is 9.84. The summed E-state index contributed by atoms with van der Waals surface area (Å²) in [6.45, 7) is 0.657. The minimum Gasteiger partial charge on any atom is -0.490 e. The molecule has 2 rings (SSSR count). The van der Waals surface area contributed by atoms with Gasteiger partial charge in [0.25, 0.3) is 0 Å². The Morgan fingerprint density at radius 3 is 2.81 bits per heavy atom. The number of benzene rings is 1. The number of aromatic nitrogens is 2. The Morgan fingerprint density at radius 1 is 1.25 bits per heavy atom. The molecule has 0 aliphatic carbocycles. The molecule has 0 aliphatic rings. The molecule has 1 aromatic heterocycles. The van der Waals surface area contributed by atoms with E-state index in [2.05, 4.69) is 5.10 Å². The third-order valence-electron chi connectivity index (χ3n) is 2.15. The van der Waals surface area contributed by atoms with Crippen LogP contribution in [0.1, 0.15) is 6.42 Å². The summed E-state index contributed by atoms with van der Waals surface area (Å²) >= 11 is 0. The van der Waals surface area contributed by atoms with Crippen LogP contribution in [0.25, 0.3) is 5.69 Å². The van der Waals surface area contributed by atoms with Gasteiger partial charge in [0.15, 0.2) is 5.75 Å². The molecule has 0 aliphatic heterocycles. The Bertz CT molecular complexity index is 426. The SMILES string of the molecule is OCCCOc1cnn(-c2ccccc2)c1. The molecule has 16 heavy (non-hydrogen) atoms. The van der Waals surface area contributed by atoms with Crippen molar-refractivity contribution in [2.45, 2.75) is 6.42 Å². The second-order valence-corrected chi connectivity index (χ2v) is 3.38. The summed E-state index contributed by atoms with van der Waals surface area (Å²) in [5.41, 5.74) is 1.000. The normalized spacial score (nSPS) is 10.3. The van der Waals surface area contributed by atoms with Crippen LogP contribution in [-0.4, -0.2) is 28.1 Å². The van der Waals surface area contributed by atoms with Gasteiger partial charge in [-0.25, -0.2) is 4.68 Å². The van der Waals surface area contributed by atoms with E-state index in [-0.39, 0.29) is 6.61 Å². The second-order valence-electron chi connectivity index (χ2n) is 3.38. The highest BCUT2D eigenvalue weighted by Crippen LogP contribution is 2.13. The topological polar surface area (TPSA) is 47.3 Å². The molecular weight excluding hydrogens is 204 g/mol. The average molecular weight is 218 g/mol. The molecule has 1 N–H and O–H groups in total. The average Bonchev–Trinajstić information content (AvgIpc) is 2.79. The smallest absolute Gasteiger partial charge is 0.157 e. The van der Waals surface area contributed by atoms with E-state index in [1.165, 1.54) is 0 Å². The van der Waals surface area contributed by atoms with Crippen molar-refractivity contribution in [1.29, 1.82) is 0 Å². The van der Waals surface area contributed by atoms with Crippen molar-refractivity contribution in [3.63, 3.8) is 0 Å². The minimum absolute atomic E-state index is 0.146. The highest BCUT2D eigenvalue weighted by molar-refractivity contribution is 5.31. The molecule has 0 radical (unpaired) electrons. The molecule has 0 bridgehead atoms. The van der Waals surface area contributed by atoms with Crippen LogP contribution in [0.4, 0.5) is 0 Å². The largest absolute Gasteiger partial charge is 0.490 e. The number of aliphatic hydroxyl groups is 1. The Labute approximate surface area is 94.1 Å². The van der Waals surface area contributed by atoms with E-state index in [1.807, 2.05) is 36.5 Å². The summed E-state index contributed by atoms with van der Waals surface area (Å²) in [7, 11) is 0. The zero-order valence-corrected chi connectivity index (χ0v) is 8.91. The molecular formula is C12H14N2O2. The number of ether oxygens (including phenoxy) is 1. The molecule has 0 fully saturated rings. The Kier molecular flexibility index (Phi) is 3.56. The second kappa shape index (κ2) is 5.32. The first-order valence-electron chi connectivity index (χ1n) is 5.24. The van der Waals surface area contributed by atoms with Gasteiger partial charge in [0, 0.05) is 13.0 Å². The van der Waals surface area contributed by atoms with Crippen LogP contribution in [0.3, 0.4) is 0 Å². The Balaban J connectivity index is 2.02. The first kappa shape index (κ1) is 10.7. The van der Waals surface area contributed by atoms with Crippen molar-refractivity contribution >= 4 is 0 Å². The van der Waals surface area contributed by atoms with Gasteiger partial charge in [-0.2, -0.15) is 5.10 Å². The van der Waals surface area contributed by atoms with Crippen molar-refractivity contribution < 1.29 is 9.84 Å². The fourth-order valence-corrected chi connectivity index (χ4v) is 1.36. The predicted octanol–water partition coefficient (Wildman–Crippen LogP) is 1.63. The minimum atomic E-state index is 0.146. The maximum atomic E-state index is 8.63. The van der Waals surface area contributed by atoms with Crippen molar-refractivity contribution in [2.24, 2.45) is 0 Å². The molecule has 1 heterocycles. The highest BCUT2D eigenvalue weighted by Gasteiger charge is 2.00. The van der Waals surface area contributed by atoms with Crippen molar-refractivity contribution in [3.05, 3.63) is 42.7 Å². The van der Waals surface area contributed by atoms with Crippen LogP contribution in [0, 0.1) is 0 Å². The summed E-state index contributed by atoms with van der Waals surface area (Å²) in [5.74, 6) is 0.720. The Hall–Kier alpha value is -1.81. The molecule has 0 saturated carbocycles. The van der Waals surface area contributed by atoms with E-state index in [0.29, 0.717) is 13.0 Å². The van der Waals surface area contributed by atoms with Gasteiger partial charge in [0.05, 0.1) is 24.7 Å². The molecule has 4 heteroatoms. The number of hydrogen-bond acceptors (Lipinski definition) is 3. The van der Waals surface area contributed by atoms with E-state index in [1.54, 1.807) is 10.9 Å². The van der Waals surface area contributed by atoms with Gasteiger partial charge < -0.3 is 9.84 Å². The van der Waals surface area contributed by atoms with Crippen molar-refractivity contribution in [3.8, 4) is 11.4 Å². The zero-order valence-electron chi connectivity index (χ0n) is 8.91. The van der Waals surface area contributed by atoms with Crippen LogP contribution >= 0.6 is 0 Å². The molecule has 4 nitrogen and oxygen atoms in total. The van der Waals surface area contributed by atoms with Gasteiger partial charge in [-0.05, 0) is 12.1 Å². The predicted molar refractivity (Wildman–Crippen MR) is 60.8 cm³/mol. The molecule has 0 unspecified atom stereocenters. The number of aliphatic hydroxyl groups excluding tert-OH is 1. The molecule has 2 aromatic rings. The molecule has 0 saturated heterocycles. The lowest BCUT2D eigenvalue weighted by Crippen LogP contribution is -1.98. The van der Waals surface area contributed by atoms with Crippen molar-refractivity contribution in [1.82, 2.24) is 9.78 Å². The molecule has 0 spiro atoms. The first-order chi connectivity index (χ1) is 7.90. The third kappa shape index (κ3) is 2.61. The standard InChI is InChI=1S/C12H14N2O2/c15-7-4-8-16-12-9-13-14(10-12)11-5-2-1-3-6-11/h1-3,5-6,9-10,15H,4,7-8H2. The number of nitrogens with zero attached hydrogens (tertiary/aromatic N) is 2. The molecule has 84 valence electrons. The summed E-state index contributed by atoms with van der Waals surface area (Å²) in [5, 5.41) is 12.8. The van der Waals surface area contributed by atoms with Gasteiger partial charge in [0.2, 0.25) is 0 Å². The van der Waals surface area contributed by atoms with Gasteiger partial charge in [-0.3, -0.25) is 0 Å². The highest BCUT2D eigenvalue weighted by atomic mass is 16.5. The maximum absolute atomic E-state index is 8.63. The van der Waals surface area contributed by atoms with Gasteiger partial charge in [-0.1, -0.05) is 18.2 Å². The van der Waals surface area contributed by atoms with Crippen LogP contribution < -0.4 is 4.74 Å². The first-order valence-corrected chi connectivity index (χ1v) is 5.24. The third-order valence-corrected chi connectivity index (χ3v) is 2.15.